The quantitative estimate of drug-likeness (QED) is 0.596. The predicted octanol–water partition coefficient (Wildman–Crippen LogP) is 1.22. The molecule has 2 heterocycles. The molecule has 0 atom stereocenters. The smallest absolute Gasteiger partial charge is 0.353 e. The molecule has 2 rings (SSSR count). The van der Waals surface area contributed by atoms with Gasteiger partial charge in [0.15, 0.2) is 0 Å². The first kappa shape index (κ1) is 13.6. The van der Waals surface area contributed by atoms with Crippen molar-refractivity contribution in [1.29, 1.82) is 0 Å². The molecule has 2 aromatic heterocycles. The van der Waals surface area contributed by atoms with Crippen LogP contribution in [0.25, 0.3) is 0 Å². The molecule has 0 saturated carbocycles. The molecule has 0 aliphatic heterocycles. The third-order valence-electron chi connectivity index (χ3n) is 2.41. The summed E-state index contributed by atoms with van der Waals surface area (Å²) in [6.45, 7) is 2.65. The molecule has 9 nitrogen and oxygen atoms in total. The van der Waals surface area contributed by atoms with E-state index in [0.29, 0.717) is 12.2 Å². The Morgan fingerprint density at radius 2 is 2.05 bits per heavy atom. The summed E-state index contributed by atoms with van der Waals surface area (Å²) in [7, 11) is 0. The molecule has 0 unspecified atom stereocenters. The lowest BCUT2D eigenvalue weighted by Gasteiger charge is -2.08. The summed E-state index contributed by atoms with van der Waals surface area (Å²) in [5, 5.41) is 24.5. The summed E-state index contributed by atoms with van der Waals surface area (Å²) >= 11 is 0. The van der Waals surface area contributed by atoms with E-state index in [1.54, 1.807) is 18.3 Å². The highest BCUT2D eigenvalue weighted by molar-refractivity contribution is 5.69. The van der Waals surface area contributed by atoms with Gasteiger partial charge in [0.05, 0.1) is 17.2 Å². The molecule has 0 fully saturated rings. The normalized spacial score (nSPS) is 10.1. The van der Waals surface area contributed by atoms with Gasteiger partial charge < -0.3 is 10.6 Å². The van der Waals surface area contributed by atoms with Crippen LogP contribution in [-0.4, -0.2) is 31.6 Å². The van der Waals surface area contributed by atoms with Crippen LogP contribution in [0.3, 0.4) is 0 Å². The monoisotopic (exact) mass is 275 g/mol. The fraction of sp³-hybridized carbons (Fsp3) is 0.273. The number of hydrogen-bond donors (Lipinski definition) is 2. The Balaban J connectivity index is 2.22. The minimum Gasteiger partial charge on any atom is -0.364 e. The van der Waals surface area contributed by atoms with Crippen molar-refractivity contribution >= 4 is 17.3 Å². The van der Waals surface area contributed by atoms with Crippen molar-refractivity contribution in [3.63, 3.8) is 0 Å². The summed E-state index contributed by atoms with van der Waals surface area (Å²) < 4.78 is 0. The highest BCUT2D eigenvalue weighted by Gasteiger charge is 2.22. The van der Waals surface area contributed by atoms with Gasteiger partial charge in [-0.25, -0.2) is 9.97 Å². The molecule has 2 N–H and O–H groups in total. The summed E-state index contributed by atoms with van der Waals surface area (Å²) in [5.41, 5.74) is 0.476. The van der Waals surface area contributed by atoms with Gasteiger partial charge >= 0.3 is 5.69 Å². The average molecular weight is 275 g/mol. The van der Waals surface area contributed by atoms with E-state index in [2.05, 4.69) is 30.8 Å². The second-order valence-corrected chi connectivity index (χ2v) is 3.78. The number of anilines is 2. The summed E-state index contributed by atoms with van der Waals surface area (Å²) in [4.78, 5) is 18.4. The molecule has 104 valence electrons. The maximum absolute atomic E-state index is 11.1. The molecule has 0 radical (unpaired) electrons. The number of rotatable bonds is 6. The van der Waals surface area contributed by atoms with Crippen molar-refractivity contribution in [2.24, 2.45) is 0 Å². The Morgan fingerprint density at radius 3 is 2.65 bits per heavy atom. The van der Waals surface area contributed by atoms with Gasteiger partial charge in [0.2, 0.25) is 11.6 Å². The van der Waals surface area contributed by atoms with Gasteiger partial charge in [-0.2, -0.15) is 10.2 Å². The van der Waals surface area contributed by atoms with Gasteiger partial charge in [0, 0.05) is 12.7 Å². The molecular formula is C11H13N7O2. The van der Waals surface area contributed by atoms with Crippen molar-refractivity contribution < 1.29 is 4.92 Å². The van der Waals surface area contributed by atoms with Crippen LogP contribution in [0.5, 0.6) is 0 Å². The van der Waals surface area contributed by atoms with E-state index in [9.17, 15) is 10.1 Å². The highest BCUT2D eigenvalue weighted by atomic mass is 16.6. The zero-order chi connectivity index (χ0) is 14.4. The SMILES string of the molecule is CCNc1ncnc(NCc2cccnn2)c1[N+](=O)[O-]. The van der Waals surface area contributed by atoms with Crippen molar-refractivity contribution in [3.05, 3.63) is 40.5 Å². The van der Waals surface area contributed by atoms with E-state index < -0.39 is 4.92 Å². The maximum atomic E-state index is 11.1. The molecular weight excluding hydrogens is 262 g/mol. The molecule has 0 amide bonds. The van der Waals surface area contributed by atoms with E-state index in [1.807, 2.05) is 6.92 Å². The molecule has 20 heavy (non-hydrogen) atoms. The number of aromatic nitrogens is 4. The first-order valence-electron chi connectivity index (χ1n) is 5.96. The Hall–Kier alpha value is -2.84. The van der Waals surface area contributed by atoms with Gasteiger partial charge in [0.1, 0.15) is 6.33 Å². The molecule has 2 aromatic rings. The third-order valence-corrected chi connectivity index (χ3v) is 2.41. The maximum Gasteiger partial charge on any atom is 0.353 e. The lowest BCUT2D eigenvalue weighted by atomic mass is 10.3. The summed E-state index contributed by atoms with van der Waals surface area (Å²) in [6, 6.07) is 3.50. The zero-order valence-corrected chi connectivity index (χ0v) is 10.8. The van der Waals surface area contributed by atoms with Gasteiger partial charge in [-0.1, -0.05) is 0 Å². The number of nitro groups is 1. The first-order chi connectivity index (χ1) is 9.72. The zero-order valence-electron chi connectivity index (χ0n) is 10.8. The second kappa shape index (κ2) is 6.36. The van der Waals surface area contributed by atoms with Crippen LogP contribution in [0, 0.1) is 10.1 Å². The third kappa shape index (κ3) is 3.13. The van der Waals surface area contributed by atoms with Gasteiger partial charge in [-0.05, 0) is 19.1 Å². The Bertz CT molecular complexity index is 591. The van der Waals surface area contributed by atoms with Gasteiger partial charge in [0.25, 0.3) is 0 Å². The Morgan fingerprint density at radius 1 is 1.30 bits per heavy atom. The van der Waals surface area contributed by atoms with Crippen LogP contribution >= 0.6 is 0 Å². The summed E-state index contributed by atoms with van der Waals surface area (Å²) in [6.07, 6.45) is 2.82. The van der Waals surface area contributed by atoms with Crippen molar-refractivity contribution in [3.8, 4) is 0 Å². The molecule has 9 heteroatoms. The highest BCUT2D eigenvalue weighted by Crippen LogP contribution is 2.28. The van der Waals surface area contributed by atoms with E-state index >= 15 is 0 Å². The van der Waals surface area contributed by atoms with Crippen molar-refractivity contribution in [2.75, 3.05) is 17.2 Å². The molecule has 0 aromatic carbocycles. The molecule has 0 bridgehead atoms. The fourth-order valence-corrected chi connectivity index (χ4v) is 1.58. The summed E-state index contributed by atoms with van der Waals surface area (Å²) in [5.74, 6) is 0.334. The number of nitrogens with one attached hydrogen (secondary N) is 2. The van der Waals surface area contributed by atoms with E-state index in [-0.39, 0.29) is 23.9 Å². The van der Waals surface area contributed by atoms with Crippen LogP contribution in [-0.2, 0) is 6.54 Å². The van der Waals surface area contributed by atoms with E-state index in [0.717, 1.165) is 0 Å². The van der Waals surface area contributed by atoms with Crippen molar-refractivity contribution in [1.82, 2.24) is 20.2 Å². The van der Waals surface area contributed by atoms with Crippen LogP contribution in [0.15, 0.2) is 24.7 Å². The minimum absolute atomic E-state index is 0.145. The van der Waals surface area contributed by atoms with Crippen LogP contribution in [0.4, 0.5) is 17.3 Å². The molecule has 0 aliphatic rings. The predicted molar refractivity (Wildman–Crippen MR) is 72.2 cm³/mol. The minimum atomic E-state index is -0.517. The topological polar surface area (TPSA) is 119 Å². The lowest BCUT2D eigenvalue weighted by Crippen LogP contribution is -2.10. The van der Waals surface area contributed by atoms with E-state index in [1.165, 1.54) is 6.33 Å². The average Bonchev–Trinajstić information content (AvgIpc) is 2.46. The Labute approximate surface area is 114 Å². The first-order valence-corrected chi connectivity index (χ1v) is 5.96. The van der Waals surface area contributed by atoms with E-state index in [4.69, 9.17) is 0 Å². The second-order valence-electron chi connectivity index (χ2n) is 3.78. The number of hydrogen-bond acceptors (Lipinski definition) is 8. The number of nitrogens with zero attached hydrogens (tertiary/aromatic N) is 5. The van der Waals surface area contributed by atoms with Crippen LogP contribution < -0.4 is 10.6 Å². The lowest BCUT2D eigenvalue weighted by molar-refractivity contribution is -0.383. The van der Waals surface area contributed by atoms with Crippen LogP contribution in [0.1, 0.15) is 12.6 Å². The molecule has 0 saturated heterocycles. The Kier molecular flexibility index (Phi) is 4.32. The molecule has 0 spiro atoms. The van der Waals surface area contributed by atoms with Crippen molar-refractivity contribution in [2.45, 2.75) is 13.5 Å². The standard InChI is InChI=1S/C11H13N7O2/c1-2-12-10-9(18(19)20)11(15-7-14-10)13-6-8-4-3-5-16-17-8/h3-5,7H,2,6H2,1H3,(H2,12,13,14,15). The molecule has 0 aliphatic carbocycles. The van der Waals surface area contributed by atoms with Gasteiger partial charge in [-0.15, -0.1) is 0 Å². The largest absolute Gasteiger partial charge is 0.364 e. The van der Waals surface area contributed by atoms with Crippen LogP contribution in [0.2, 0.25) is 0 Å². The van der Waals surface area contributed by atoms with Gasteiger partial charge in [-0.3, -0.25) is 10.1 Å². The fourth-order valence-electron chi connectivity index (χ4n) is 1.58.